The van der Waals surface area contributed by atoms with Crippen molar-refractivity contribution in [2.75, 3.05) is 12.3 Å². The number of likely N-dealkylation sites (tertiary alicyclic amines) is 1. The number of nitrogens with two attached hydrogens (primary N) is 1. The molecule has 21 heavy (non-hydrogen) atoms. The number of amides is 1. The van der Waals surface area contributed by atoms with E-state index in [1.807, 2.05) is 19.9 Å². The van der Waals surface area contributed by atoms with Gasteiger partial charge in [0.15, 0.2) is 0 Å². The molecule has 0 spiro atoms. The summed E-state index contributed by atoms with van der Waals surface area (Å²) in [7, 11) is 0. The van der Waals surface area contributed by atoms with Crippen LogP contribution in [-0.4, -0.2) is 34.2 Å². The SMILES string of the molecule is Cc1cc(CC(=O)C(=O)N2C[C@H](C)CC[C@@H]2C)cnc1N. The molecule has 1 saturated heterocycles. The van der Waals surface area contributed by atoms with E-state index in [9.17, 15) is 9.59 Å². The van der Waals surface area contributed by atoms with E-state index in [1.165, 1.54) is 0 Å². The molecule has 1 aliphatic heterocycles. The Morgan fingerprint density at radius 2 is 2.10 bits per heavy atom. The fourth-order valence-corrected chi connectivity index (χ4v) is 2.73. The molecule has 1 amide bonds. The minimum Gasteiger partial charge on any atom is -0.383 e. The minimum absolute atomic E-state index is 0.0879. The van der Waals surface area contributed by atoms with Gasteiger partial charge in [-0.2, -0.15) is 0 Å². The first-order chi connectivity index (χ1) is 9.88. The van der Waals surface area contributed by atoms with E-state index >= 15 is 0 Å². The summed E-state index contributed by atoms with van der Waals surface area (Å²) < 4.78 is 0. The molecular formula is C16H23N3O2. The van der Waals surface area contributed by atoms with E-state index in [0.29, 0.717) is 18.3 Å². The summed E-state index contributed by atoms with van der Waals surface area (Å²) in [6.45, 7) is 6.63. The second-order valence-electron chi connectivity index (χ2n) is 6.13. The van der Waals surface area contributed by atoms with Crippen LogP contribution in [0.15, 0.2) is 12.3 Å². The predicted octanol–water partition coefficient (Wildman–Crippen LogP) is 1.73. The quantitative estimate of drug-likeness (QED) is 0.860. The molecule has 1 fully saturated rings. The van der Waals surface area contributed by atoms with Crippen LogP contribution < -0.4 is 5.73 Å². The standard InChI is InChI=1S/C16H23N3O2/c1-10-4-5-12(3)19(9-10)16(21)14(20)7-13-6-11(2)15(17)18-8-13/h6,8,10,12H,4-5,7,9H2,1-3H3,(H2,17,18)/t10-,12+/m1/s1. The number of carbonyl (C=O) groups is 2. The van der Waals surface area contributed by atoms with Crippen LogP contribution in [0.1, 0.15) is 37.8 Å². The van der Waals surface area contributed by atoms with Crippen molar-refractivity contribution in [2.45, 2.75) is 46.1 Å². The number of carbonyl (C=O) groups excluding carboxylic acids is 2. The molecule has 5 nitrogen and oxygen atoms in total. The van der Waals surface area contributed by atoms with Gasteiger partial charge in [0.05, 0.1) is 0 Å². The zero-order valence-corrected chi connectivity index (χ0v) is 12.9. The summed E-state index contributed by atoms with van der Waals surface area (Å²) in [5, 5.41) is 0. The van der Waals surface area contributed by atoms with Crippen molar-refractivity contribution in [3.63, 3.8) is 0 Å². The van der Waals surface area contributed by atoms with E-state index in [0.717, 1.165) is 24.0 Å². The summed E-state index contributed by atoms with van der Waals surface area (Å²) in [6, 6.07) is 1.96. The average Bonchev–Trinajstić information content (AvgIpc) is 2.44. The molecule has 0 aliphatic carbocycles. The summed E-state index contributed by atoms with van der Waals surface area (Å²) in [5.74, 6) is 0.167. The zero-order chi connectivity index (χ0) is 15.6. The number of pyridine rings is 1. The first-order valence-electron chi connectivity index (χ1n) is 7.43. The van der Waals surface area contributed by atoms with Crippen LogP contribution >= 0.6 is 0 Å². The number of nitrogen functional groups attached to an aromatic ring is 1. The molecule has 0 saturated carbocycles. The third kappa shape index (κ3) is 3.60. The Hall–Kier alpha value is -1.91. The molecule has 114 valence electrons. The van der Waals surface area contributed by atoms with Gasteiger partial charge in [0.1, 0.15) is 5.82 Å². The van der Waals surface area contributed by atoms with E-state index in [1.54, 1.807) is 11.1 Å². The first-order valence-corrected chi connectivity index (χ1v) is 7.43. The van der Waals surface area contributed by atoms with Crippen molar-refractivity contribution in [3.8, 4) is 0 Å². The summed E-state index contributed by atoms with van der Waals surface area (Å²) in [5.41, 5.74) is 7.22. The van der Waals surface area contributed by atoms with E-state index in [2.05, 4.69) is 11.9 Å². The predicted molar refractivity (Wildman–Crippen MR) is 81.7 cm³/mol. The Labute approximate surface area is 125 Å². The van der Waals surface area contributed by atoms with Crippen LogP contribution in [0.25, 0.3) is 0 Å². The Bertz CT molecular complexity index is 556. The Balaban J connectivity index is 2.05. The van der Waals surface area contributed by atoms with Gasteiger partial charge >= 0.3 is 0 Å². The highest BCUT2D eigenvalue weighted by atomic mass is 16.2. The van der Waals surface area contributed by atoms with Crippen molar-refractivity contribution in [1.82, 2.24) is 9.88 Å². The molecule has 2 rings (SSSR count). The number of rotatable bonds is 3. The van der Waals surface area contributed by atoms with E-state index in [-0.39, 0.29) is 24.2 Å². The first kappa shape index (κ1) is 15.5. The van der Waals surface area contributed by atoms with Gasteiger partial charge in [0.25, 0.3) is 5.91 Å². The zero-order valence-electron chi connectivity index (χ0n) is 12.9. The summed E-state index contributed by atoms with van der Waals surface area (Å²) in [6.07, 6.45) is 3.73. The average molecular weight is 289 g/mol. The van der Waals surface area contributed by atoms with Gasteiger partial charge in [-0.15, -0.1) is 0 Å². The molecule has 2 atom stereocenters. The lowest BCUT2D eigenvalue weighted by atomic mass is 9.94. The van der Waals surface area contributed by atoms with Gasteiger partial charge in [0.2, 0.25) is 5.78 Å². The van der Waals surface area contributed by atoms with Crippen molar-refractivity contribution in [2.24, 2.45) is 5.92 Å². The van der Waals surface area contributed by atoms with Crippen molar-refractivity contribution < 1.29 is 9.59 Å². The molecule has 0 aromatic carbocycles. The Morgan fingerprint density at radius 1 is 1.38 bits per heavy atom. The van der Waals surface area contributed by atoms with E-state index in [4.69, 9.17) is 5.73 Å². The van der Waals surface area contributed by atoms with Crippen LogP contribution in [0.4, 0.5) is 5.82 Å². The van der Waals surface area contributed by atoms with Crippen LogP contribution in [0, 0.1) is 12.8 Å². The largest absolute Gasteiger partial charge is 0.383 e. The number of Topliss-reactive ketones (excluding diaryl/α,β-unsaturated/α-hetero) is 1. The molecule has 5 heteroatoms. The lowest BCUT2D eigenvalue weighted by molar-refractivity contribution is -0.147. The third-order valence-electron chi connectivity index (χ3n) is 4.16. The highest BCUT2D eigenvalue weighted by Gasteiger charge is 2.30. The van der Waals surface area contributed by atoms with E-state index < -0.39 is 0 Å². The number of ketones is 1. The molecule has 1 aromatic heterocycles. The topological polar surface area (TPSA) is 76.3 Å². The smallest absolute Gasteiger partial charge is 0.290 e. The number of piperidine rings is 1. The van der Waals surface area contributed by atoms with Crippen LogP contribution in [0.3, 0.4) is 0 Å². The van der Waals surface area contributed by atoms with Crippen molar-refractivity contribution in [3.05, 3.63) is 23.4 Å². The monoisotopic (exact) mass is 289 g/mol. The lowest BCUT2D eigenvalue weighted by Gasteiger charge is -2.36. The summed E-state index contributed by atoms with van der Waals surface area (Å²) in [4.78, 5) is 30.3. The molecule has 0 radical (unpaired) electrons. The fourth-order valence-electron chi connectivity index (χ4n) is 2.73. The normalized spacial score (nSPS) is 22.1. The summed E-state index contributed by atoms with van der Waals surface area (Å²) >= 11 is 0. The minimum atomic E-state index is -0.373. The number of nitrogens with zero attached hydrogens (tertiary/aromatic N) is 2. The molecule has 0 bridgehead atoms. The van der Waals surface area contributed by atoms with Crippen molar-refractivity contribution >= 4 is 17.5 Å². The highest BCUT2D eigenvalue weighted by Crippen LogP contribution is 2.22. The molecule has 2 N–H and O–H groups in total. The number of hydrogen-bond donors (Lipinski definition) is 1. The number of anilines is 1. The van der Waals surface area contributed by atoms with Gasteiger partial charge in [-0.25, -0.2) is 4.98 Å². The second kappa shape index (κ2) is 6.24. The fraction of sp³-hybridized carbons (Fsp3) is 0.562. The van der Waals surface area contributed by atoms with Crippen LogP contribution in [-0.2, 0) is 16.0 Å². The molecule has 1 aliphatic rings. The molecule has 0 unspecified atom stereocenters. The van der Waals surface area contributed by atoms with Crippen LogP contribution in [0.2, 0.25) is 0 Å². The number of aryl methyl sites for hydroxylation is 1. The lowest BCUT2D eigenvalue weighted by Crippen LogP contribution is -2.48. The molecule has 2 heterocycles. The van der Waals surface area contributed by atoms with Gasteiger partial charge in [0, 0.05) is 25.2 Å². The second-order valence-corrected chi connectivity index (χ2v) is 6.13. The number of aromatic nitrogens is 1. The molecule has 1 aromatic rings. The maximum absolute atomic E-state index is 12.3. The van der Waals surface area contributed by atoms with Crippen LogP contribution in [0.5, 0.6) is 0 Å². The van der Waals surface area contributed by atoms with Gasteiger partial charge in [-0.05, 0) is 43.7 Å². The third-order valence-corrected chi connectivity index (χ3v) is 4.16. The maximum Gasteiger partial charge on any atom is 0.290 e. The molecular weight excluding hydrogens is 266 g/mol. The van der Waals surface area contributed by atoms with Gasteiger partial charge < -0.3 is 10.6 Å². The highest BCUT2D eigenvalue weighted by molar-refractivity contribution is 6.36. The van der Waals surface area contributed by atoms with Gasteiger partial charge in [-0.3, -0.25) is 9.59 Å². The van der Waals surface area contributed by atoms with Gasteiger partial charge in [-0.1, -0.05) is 13.0 Å². The Morgan fingerprint density at radius 3 is 2.76 bits per heavy atom. The Kier molecular flexibility index (Phi) is 4.60. The van der Waals surface area contributed by atoms with Crippen molar-refractivity contribution in [1.29, 1.82) is 0 Å². The maximum atomic E-state index is 12.3. The number of hydrogen-bond acceptors (Lipinski definition) is 4.